The van der Waals surface area contributed by atoms with E-state index in [-0.39, 0.29) is 12.3 Å². The number of carbonyl (C=O) groups is 3. The Hall–Kier alpha value is -4.39. The third-order valence-corrected chi connectivity index (χ3v) is 6.93. The molecule has 0 aliphatic heterocycles. The molecule has 3 aromatic rings. The maximum absolute atomic E-state index is 14.7. The fraction of sp³-hybridized carbons (Fsp3) is 0.361. The maximum Gasteiger partial charge on any atom is 0.408 e. The molecule has 0 fully saturated rings. The lowest BCUT2D eigenvalue weighted by atomic mass is 9.93. The zero-order valence-corrected chi connectivity index (χ0v) is 26.7. The second-order valence-electron chi connectivity index (χ2n) is 12.8. The minimum Gasteiger partial charge on any atom is -0.444 e. The molecule has 0 saturated heterocycles. The van der Waals surface area contributed by atoms with Crippen LogP contribution in [0.1, 0.15) is 75.4 Å². The summed E-state index contributed by atoms with van der Waals surface area (Å²) in [5, 5.41) is 5.92. The van der Waals surface area contributed by atoms with Crippen molar-refractivity contribution in [1.82, 2.24) is 10.2 Å². The summed E-state index contributed by atoms with van der Waals surface area (Å²) in [5.74, 6) is -0.773. The number of amides is 3. The Bertz CT molecular complexity index is 1430. The molecule has 0 radical (unpaired) electrons. The average molecular weight is 584 g/mol. The number of carbonyl (C=O) groups excluding carboxylic acids is 3. The van der Waals surface area contributed by atoms with Crippen LogP contribution in [0.3, 0.4) is 0 Å². The van der Waals surface area contributed by atoms with Crippen molar-refractivity contribution < 1.29 is 19.1 Å². The first-order valence-corrected chi connectivity index (χ1v) is 14.6. The van der Waals surface area contributed by atoms with Crippen molar-refractivity contribution in [3.05, 3.63) is 107 Å². The lowest BCUT2D eigenvalue weighted by molar-refractivity contribution is -0.146. The molecular weight excluding hydrogens is 538 g/mol. The Morgan fingerprint density at radius 1 is 0.884 bits per heavy atom. The molecular formula is C36H45N3O4. The number of hydrogen-bond acceptors (Lipinski definition) is 4. The van der Waals surface area contributed by atoms with E-state index < -0.39 is 35.2 Å². The van der Waals surface area contributed by atoms with E-state index in [2.05, 4.69) is 17.2 Å². The van der Waals surface area contributed by atoms with Crippen LogP contribution < -0.4 is 10.6 Å². The topological polar surface area (TPSA) is 87.7 Å². The smallest absolute Gasteiger partial charge is 0.408 e. The molecule has 2 unspecified atom stereocenters. The number of alkyl carbamates (subject to hydrolysis) is 1. The van der Waals surface area contributed by atoms with Gasteiger partial charge in [0.05, 0.1) is 0 Å². The average Bonchev–Trinajstić information content (AvgIpc) is 2.91. The van der Waals surface area contributed by atoms with Gasteiger partial charge in [-0.2, -0.15) is 0 Å². The lowest BCUT2D eigenvalue weighted by Crippen LogP contribution is -2.58. The van der Waals surface area contributed by atoms with Gasteiger partial charge in [-0.05, 0) is 89.3 Å². The van der Waals surface area contributed by atoms with E-state index in [9.17, 15) is 14.4 Å². The van der Waals surface area contributed by atoms with Gasteiger partial charge in [-0.1, -0.05) is 79.4 Å². The van der Waals surface area contributed by atoms with E-state index >= 15 is 0 Å². The number of aryl methyl sites for hydroxylation is 2. The molecule has 3 aromatic carbocycles. The van der Waals surface area contributed by atoms with Gasteiger partial charge in [-0.25, -0.2) is 4.79 Å². The van der Waals surface area contributed by atoms with E-state index in [0.717, 1.165) is 22.3 Å². The highest BCUT2D eigenvalue weighted by molar-refractivity contribution is 6.00. The minimum absolute atomic E-state index is 0.212. The Labute approximate surface area is 256 Å². The predicted molar refractivity (Wildman–Crippen MR) is 174 cm³/mol. The summed E-state index contributed by atoms with van der Waals surface area (Å²) in [5.41, 5.74) is 3.24. The number of nitrogens with zero attached hydrogens (tertiary/aromatic N) is 1. The van der Waals surface area contributed by atoms with Gasteiger partial charge >= 0.3 is 6.09 Å². The molecule has 2 N–H and O–H groups in total. The van der Waals surface area contributed by atoms with Crippen molar-refractivity contribution in [2.75, 3.05) is 5.32 Å². The number of anilines is 1. The van der Waals surface area contributed by atoms with Crippen molar-refractivity contribution in [2.45, 2.75) is 85.0 Å². The van der Waals surface area contributed by atoms with Crippen LogP contribution in [0, 0.1) is 13.8 Å². The maximum atomic E-state index is 14.7. The molecule has 0 heterocycles. The molecule has 0 spiro atoms. The van der Waals surface area contributed by atoms with E-state index in [0.29, 0.717) is 11.3 Å². The van der Waals surface area contributed by atoms with E-state index in [1.165, 1.54) is 0 Å². The molecule has 7 nitrogen and oxygen atoms in total. The molecule has 0 aromatic heterocycles. The van der Waals surface area contributed by atoms with E-state index in [1.54, 1.807) is 31.7 Å². The van der Waals surface area contributed by atoms with Crippen molar-refractivity contribution in [3.63, 3.8) is 0 Å². The fourth-order valence-electron chi connectivity index (χ4n) is 4.99. The first-order chi connectivity index (χ1) is 20.1. The first kappa shape index (κ1) is 33.1. The van der Waals surface area contributed by atoms with Crippen LogP contribution in [0.25, 0.3) is 6.08 Å². The van der Waals surface area contributed by atoms with Crippen LogP contribution in [0.4, 0.5) is 10.5 Å². The summed E-state index contributed by atoms with van der Waals surface area (Å²) in [6, 6.07) is 20.7. The highest BCUT2D eigenvalue weighted by Gasteiger charge is 2.42. The number of nitrogens with one attached hydrogen (secondary N) is 2. The first-order valence-electron chi connectivity index (χ1n) is 14.6. The zero-order valence-electron chi connectivity index (χ0n) is 26.7. The molecule has 0 saturated carbocycles. The second-order valence-corrected chi connectivity index (χ2v) is 12.8. The van der Waals surface area contributed by atoms with Crippen molar-refractivity contribution in [2.24, 2.45) is 0 Å². The summed E-state index contributed by atoms with van der Waals surface area (Å²) < 4.78 is 5.54. The normalized spacial score (nSPS) is 12.9. The van der Waals surface area contributed by atoms with Crippen molar-refractivity contribution in [3.8, 4) is 0 Å². The number of rotatable bonds is 9. The van der Waals surface area contributed by atoms with Gasteiger partial charge in [-0.15, -0.1) is 0 Å². The van der Waals surface area contributed by atoms with Gasteiger partial charge in [0, 0.05) is 17.6 Å². The molecule has 2 atom stereocenters. The van der Waals surface area contributed by atoms with Crippen molar-refractivity contribution in [1.29, 1.82) is 0 Å². The van der Waals surface area contributed by atoms with Crippen LogP contribution in [0.15, 0.2) is 79.4 Å². The van der Waals surface area contributed by atoms with Crippen LogP contribution in [0.2, 0.25) is 0 Å². The molecule has 3 amide bonds. The number of benzene rings is 3. The minimum atomic E-state index is -1.02. The molecule has 7 heteroatoms. The van der Waals surface area contributed by atoms with Gasteiger partial charge < -0.3 is 20.3 Å². The predicted octanol–water partition coefficient (Wildman–Crippen LogP) is 7.39. The highest BCUT2D eigenvalue weighted by atomic mass is 16.6. The summed E-state index contributed by atoms with van der Waals surface area (Å²) >= 11 is 0. The van der Waals surface area contributed by atoms with Crippen LogP contribution >= 0.6 is 0 Å². The van der Waals surface area contributed by atoms with Gasteiger partial charge in [-0.3, -0.25) is 9.59 Å². The quantitative estimate of drug-likeness (QED) is 0.275. The third kappa shape index (κ3) is 9.05. The number of para-hydroxylation sites is 1. The Morgan fingerprint density at radius 3 is 2.05 bits per heavy atom. The lowest BCUT2D eigenvalue weighted by Gasteiger charge is -2.43. The summed E-state index contributed by atoms with van der Waals surface area (Å²) in [7, 11) is 0. The van der Waals surface area contributed by atoms with Crippen LogP contribution in [0.5, 0.6) is 0 Å². The Balaban J connectivity index is 2.15. The highest BCUT2D eigenvalue weighted by Crippen LogP contribution is 2.33. The number of hydrogen-bond donors (Lipinski definition) is 2. The summed E-state index contributed by atoms with van der Waals surface area (Å²) in [6.45, 7) is 18.7. The largest absolute Gasteiger partial charge is 0.444 e. The van der Waals surface area contributed by atoms with Gasteiger partial charge in [0.25, 0.3) is 5.91 Å². The number of ether oxygens (including phenoxy) is 1. The second kappa shape index (κ2) is 13.7. The monoisotopic (exact) mass is 583 g/mol. The Kier molecular flexibility index (Phi) is 10.6. The molecule has 228 valence electrons. The Morgan fingerprint density at radius 2 is 1.49 bits per heavy atom. The van der Waals surface area contributed by atoms with E-state index in [4.69, 9.17) is 4.74 Å². The standard InChI is InChI=1S/C36H45N3O4/c1-10-26-20-15-21-28(22-26)31(32(40)38-30-24(2)16-14-17-25(30)3)39(35(4,5)6)33(41)29(23-27-18-12-11-13-19-27)37-34(42)43-36(7,8)9/h10-22,29,31H,1,23H2,2-9H3,(H,37,42)(H,38,40). The van der Waals surface area contributed by atoms with Crippen LogP contribution in [-0.2, 0) is 20.7 Å². The molecule has 43 heavy (non-hydrogen) atoms. The third-order valence-electron chi connectivity index (χ3n) is 6.93. The SMILES string of the molecule is C=Cc1cccc(C(C(=O)Nc2c(C)cccc2C)N(C(=O)C(Cc2ccccc2)NC(=O)OC(C)(C)C)C(C)(C)C)c1. The van der Waals surface area contributed by atoms with Gasteiger partial charge in [0.1, 0.15) is 17.7 Å². The van der Waals surface area contributed by atoms with Crippen molar-refractivity contribution >= 4 is 29.7 Å². The fourth-order valence-corrected chi connectivity index (χ4v) is 4.99. The molecule has 3 rings (SSSR count). The van der Waals surface area contributed by atoms with Gasteiger partial charge in [0.2, 0.25) is 5.91 Å². The molecule has 0 aliphatic rings. The van der Waals surface area contributed by atoms with Gasteiger partial charge in [0.15, 0.2) is 0 Å². The summed E-state index contributed by atoms with van der Waals surface area (Å²) in [6.07, 6.45) is 1.21. The zero-order chi connectivity index (χ0) is 31.9. The molecule has 0 bridgehead atoms. The summed E-state index contributed by atoms with van der Waals surface area (Å²) in [4.78, 5) is 43.7. The van der Waals surface area contributed by atoms with E-state index in [1.807, 2.05) is 107 Å². The van der Waals surface area contributed by atoms with Crippen LogP contribution in [-0.4, -0.2) is 40.0 Å². The molecule has 0 aliphatic carbocycles.